The van der Waals surface area contributed by atoms with Crippen LogP contribution in [-0.4, -0.2) is 36.8 Å². The molecule has 2 rings (SSSR count). The van der Waals surface area contributed by atoms with Crippen molar-refractivity contribution in [2.24, 2.45) is 0 Å². The van der Waals surface area contributed by atoms with Gasteiger partial charge < -0.3 is 20.1 Å². The van der Waals surface area contributed by atoms with Gasteiger partial charge in [0.15, 0.2) is 11.6 Å². The van der Waals surface area contributed by atoms with Gasteiger partial charge in [-0.2, -0.15) is 0 Å². The Bertz CT molecular complexity index is 622. The molecule has 0 unspecified atom stereocenters. The van der Waals surface area contributed by atoms with E-state index < -0.39 is 23.4 Å². The number of alkyl carbamates (subject to hydrolysis) is 1. The Labute approximate surface area is 140 Å². The zero-order valence-electron chi connectivity index (χ0n) is 14.3. The first kappa shape index (κ1) is 18.0. The molecule has 2 amide bonds. The minimum atomic E-state index is -0.680. The van der Waals surface area contributed by atoms with Crippen molar-refractivity contribution < 1.29 is 23.5 Å². The minimum Gasteiger partial charge on any atom is -0.494 e. The summed E-state index contributed by atoms with van der Waals surface area (Å²) in [6, 6.07) is 4.26. The normalized spacial score (nSPS) is 19.9. The number of methoxy groups -OCH3 is 1. The molecule has 0 spiro atoms. The van der Waals surface area contributed by atoms with Gasteiger partial charge in [0.25, 0.3) is 5.91 Å². The summed E-state index contributed by atoms with van der Waals surface area (Å²) in [5.74, 6) is -1.15. The van der Waals surface area contributed by atoms with E-state index in [1.165, 1.54) is 19.2 Å². The van der Waals surface area contributed by atoms with Crippen molar-refractivity contribution in [2.75, 3.05) is 7.11 Å². The number of hydrogen-bond acceptors (Lipinski definition) is 4. The second-order valence-electron chi connectivity index (χ2n) is 6.81. The largest absolute Gasteiger partial charge is 0.494 e. The number of amides is 2. The number of rotatable bonds is 4. The van der Waals surface area contributed by atoms with Crippen LogP contribution in [0.25, 0.3) is 0 Å². The molecule has 0 saturated heterocycles. The molecule has 6 nitrogen and oxygen atoms in total. The Balaban J connectivity index is 1.81. The fourth-order valence-corrected chi connectivity index (χ4v) is 2.43. The molecule has 1 saturated carbocycles. The molecule has 0 atom stereocenters. The molecule has 7 heteroatoms. The predicted octanol–water partition coefficient (Wildman–Crippen LogP) is 2.62. The van der Waals surface area contributed by atoms with Crippen LogP contribution in [0.1, 0.15) is 44.0 Å². The zero-order valence-corrected chi connectivity index (χ0v) is 14.3. The molecule has 1 aromatic rings. The van der Waals surface area contributed by atoms with Crippen LogP contribution in [0.4, 0.5) is 9.18 Å². The fourth-order valence-electron chi connectivity index (χ4n) is 2.43. The molecule has 2 N–H and O–H groups in total. The average Bonchev–Trinajstić information content (AvgIpc) is 2.43. The highest BCUT2D eigenvalue weighted by Gasteiger charge is 2.33. The lowest BCUT2D eigenvalue weighted by Crippen LogP contribution is -2.54. The van der Waals surface area contributed by atoms with Gasteiger partial charge in [0.05, 0.1) is 12.7 Å². The number of ether oxygens (including phenoxy) is 2. The first-order valence-corrected chi connectivity index (χ1v) is 7.82. The van der Waals surface area contributed by atoms with Gasteiger partial charge in [-0.05, 0) is 45.7 Å². The number of carbonyl (C=O) groups excluding carboxylic acids is 2. The maximum atomic E-state index is 14.0. The van der Waals surface area contributed by atoms with E-state index in [1.54, 1.807) is 26.8 Å². The molecule has 24 heavy (non-hydrogen) atoms. The third kappa shape index (κ3) is 4.59. The van der Waals surface area contributed by atoms with Crippen molar-refractivity contribution in [3.63, 3.8) is 0 Å². The fraction of sp³-hybridized carbons (Fsp3) is 0.529. The smallest absolute Gasteiger partial charge is 0.407 e. The van der Waals surface area contributed by atoms with E-state index in [0.29, 0.717) is 12.8 Å². The maximum Gasteiger partial charge on any atom is 0.407 e. The highest BCUT2D eigenvalue weighted by atomic mass is 19.1. The van der Waals surface area contributed by atoms with Gasteiger partial charge in [0.2, 0.25) is 0 Å². The maximum absolute atomic E-state index is 14.0. The molecular formula is C17H23FN2O4. The molecule has 132 valence electrons. The van der Waals surface area contributed by atoms with Crippen LogP contribution in [-0.2, 0) is 4.74 Å². The Hall–Kier alpha value is -2.31. The van der Waals surface area contributed by atoms with Gasteiger partial charge in [-0.25, -0.2) is 9.18 Å². The number of carbonyl (C=O) groups is 2. The summed E-state index contributed by atoms with van der Waals surface area (Å²) in [6.45, 7) is 5.37. The second kappa shape index (κ2) is 7.07. The van der Waals surface area contributed by atoms with Gasteiger partial charge in [-0.1, -0.05) is 6.07 Å². The van der Waals surface area contributed by atoms with Crippen molar-refractivity contribution >= 4 is 12.0 Å². The third-order valence-corrected chi connectivity index (χ3v) is 3.62. The predicted molar refractivity (Wildman–Crippen MR) is 86.6 cm³/mol. The van der Waals surface area contributed by atoms with E-state index in [2.05, 4.69) is 10.6 Å². The zero-order chi connectivity index (χ0) is 17.9. The van der Waals surface area contributed by atoms with Gasteiger partial charge in [-0.15, -0.1) is 0 Å². The SMILES string of the molecule is COc1cccc(C(=O)NC2CC(NC(=O)OC(C)(C)C)C2)c1F. The quantitative estimate of drug-likeness (QED) is 0.885. The van der Waals surface area contributed by atoms with Gasteiger partial charge >= 0.3 is 6.09 Å². The summed E-state index contributed by atoms with van der Waals surface area (Å²) in [5.41, 5.74) is -0.608. The molecule has 0 heterocycles. The molecule has 1 aliphatic rings. The highest BCUT2D eigenvalue weighted by Crippen LogP contribution is 2.23. The molecule has 0 bridgehead atoms. The Morgan fingerprint density at radius 3 is 2.38 bits per heavy atom. The van der Waals surface area contributed by atoms with Crippen LogP contribution in [0.3, 0.4) is 0 Å². The van der Waals surface area contributed by atoms with E-state index in [4.69, 9.17) is 9.47 Å². The average molecular weight is 338 g/mol. The van der Waals surface area contributed by atoms with E-state index in [1.807, 2.05) is 0 Å². The molecule has 1 aliphatic carbocycles. The van der Waals surface area contributed by atoms with Gasteiger partial charge in [0, 0.05) is 12.1 Å². The highest BCUT2D eigenvalue weighted by molar-refractivity contribution is 5.95. The number of nitrogens with one attached hydrogen (secondary N) is 2. The lowest BCUT2D eigenvalue weighted by Gasteiger charge is -2.36. The van der Waals surface area contributed by atoms with Crippen molar-refractivity contribution in [3.05, 3.63) is 29.6 Å². The number of hydrogen-bond donors (Lipinski definition) is 2. The standard InChI is InChI=1S/C17H23FN2O4/c1-17(2,3)24-16(22)20-11-8-10(9-11)19-15(21)12-6-5-7-13(23-4)14(12)18/h5-7,10-11H,8-9H2,1-4H3,(H,19,21)(H,20,22). The van der Waals surface area contributed by atoms with E-state index in [-0.39, 0.29) is 23.4 Å². The van der Waals surface area contributed by atoms with Gasteiger partial charge in [0.1, 0.15) is 5.60 Å². The second-order valence-corrected chi connectivity index (χ2v) is 6.81. The summed E-state index contributed by atoms with van der Waals surface area (Å²) >= 11 is 0. The van der Waals surface area contributed by atoms with E-state index in [9.17, 15) is 14.0 Å². The summed E-state index contributed by atoms with van der Waals surface area (Å²) in [6.07, 6.45) is 0.684. The first-order chi connectivity index (χ1) is 11.2. The van der Waals surface area contributed by atoms with E-state index >= 15 is 0 Å². The topological polar surface area (TPSA) is 76.7 Å². The van der Waals surface area contributed by atoms with Crippen molar-refractivity contribution in [1.29, 1.82) is 0 Å². The summed E-state index contributed by atoms with van der Waals surface area (Å²) in [7, 11) is 1.35. The van der Waals surface area contributed by atoms with Crippen molar-refractivity contribution in [1.82, 2.24) is 10.6 Å². The van der Waals surface area contributed by atoms with Crippen LogP contribution in [0.2, 0.25) is 0 Å². The monoisotopic (exact) mass is 338 g/mol. The molecule has 0 aliphatic heterocycles. The Morgan fingerprint density at radius 1 is 1.17 bits per heavy atom. The minimum absolute atomic E-state index is 0.0285. The molecule has 0 radical (unpaired) electrons. The van der Waals surface area contributed by atoms with Crippen molar-refractivity contribution in [3.8, 4) is 5.75 Å². The van der Waals surface area contributed by atoms with Crippen LogP contribution < -0.4 is 15.4 Å². The van der Waals surface area contributed by atoms with E-state index in [0.717, 1.165) is 0 Å². The van der Waals surface area contributed by atoms with Crippen LogP contribution in [0, 0.1) is 5.82 Å². The summed E-state index contributed by atoms with van der Waals surface area (Å²) in [5, 5.41) is 5.49. The number of benzene rings is 1. The van der Waals surface area contributed by atoms with Crippen LogP contribution in [0.5, 0.6) is 5.75 Å². The lowest BCUT2D eigenvalue weighted by molar-refractivity contribution is 0.0465. The molecule has 0 aromatic heterocycles. The summed E-state index contributed by atoms with van der Waals surface area (Å²) < 4.78 is 24.1. The molecular weight excluding hydrogens is 315 g/mol. The molecule has 1 aromatic carbocycles. The first-order valence-electron chi connectivity index (χ1n) is 7.82. The lowest BCUT2D eigenvalue weighted by atomic mass is 9.86. The Morgan fingerprint density at radius 2 is 1.79 bits per heavy atom. The molecule has 1 fully saturated rings. The van der Waals surface area contributed by atoms with Crippen molar-refractivity contribution in [2.45, 2.75) is 51.3 Å². The van der Waals surface area contributed by atoms with Crippen LogP contribution >= 0.6 is 0 Å². The summed E-state index contributed by atoms with van der Waals surface area (Å²) in [4.78, 5) is 23.8. The van der Waals surface area contributed by atoms with Gasteiger partial charge in [-0.3, -0.25) is 4.79 Å². The third-order valence-electron chi connectivity index (χ3n) is 3.62. The van der Waals surface area contributed by atoms with Crippen LogP contribution in [0.15, 0.2) is 18.2 Å². The Kier molecular flexibility index (Phi) is 5.31. The number of halogens is 1.